The highest BCUT2D eigenvalue weighted by Gasteiger charge is 2.19. The molecule has 104 valence electrons. The molecule has 0 amide bonds. The van der Waals surface area contributed by atoms with Crippen molar-refractivity contribution in [2.24, 2.45) is 0 Å². The second kappa shape index (κ2) is 5.75. The Balaban J connectivity index is 1.66. The van der Waals surface area contributed by atoms with Crippen molar-refractivity contribution in [1.82, 2.24) is 15.3 Å². The van der Waals surface area contributed by atoms with Crippen LogP contribution in [0.1, 0.15) is 11.3 Å². The fourth-order valence-corrected chi connectivity index (χ4v) is 2.04. The maximum atomic E-state index is 5.40. The van der Waals surface area contributed by atoms with Crippen molar-refractivity contribution in [3.63, 3.8) is 0 Å². The van der Waals surface area contributed by atoms with Crippen LogP contribution in [0.2, 0.25) is 0 Å². The number of hydrogen-bond acceptors (Lipinski definition) is 6. The number of benzene rings is 1. The number of aromatic nitrogens is 2. The van der Waals surface area contributed by atoms with Crippen LogP contribution in [0.5, 0.6) is 17.2 Å². The Hall–Kier alpha value is -2.34. The van der Waals surface area contributed by atoms with Crippen LogP contribution in [-0.4, -0.2) is 23.9 Å². The first-order chi connectivity index (χ1) is 9.86. The van der Waals surface area contributed by atoms with E-state index in [4.69, 9.17) is 14.2 Å². The normalized spacial score (nSPS) is 12.4. The van der Waals surface area contributed by atoms with Crippen molar-refractivity contribution < 1.29 is 14.2 Å². The number of nitrogens with one attached hydrogen (secondary N) is 1. The Morgan fingerprint density at radius 3 is 3.05 bits per heavy atom. The highest BCUT2D eigenvalue weighted by molar-refractivity contribution is 5.55. The van der Waals surface area contributed by atoms with Gasteiger partial charge in [0.15, 0.2) is 11.5 Å². The minimum absolute atomic E-state index is 0.240. The Bertz CT molecular complexity index is 590. The van der Waals surface area contributed by atoms with E-state index in [0.717, 1.165) is 17.0 Å². The van der Waals surface area contributed by atoms with E-state index in [1.54, 1.807) is 19.6 Å². The van der Waals surface area contributed by atoms with Gasteiger partial charge < -0.3 is 19.5 Å². The molecule has 1 N–H and O–H groups in total. The van der Waals surface area contributed by atoms with Crippen LogP contribution in [0.25, 0.3) is 0 Å². The van der Waals surface area contributed by atoms with Gasteiger partial charge in [-0.1, -0.05) is 0 Å². The van der Waals surface area contributed by atoms with Crippen LogP contribution >= 0.6 is 0 Å². The molecule has 1 aromatic carbocycles. The predicted molar refractivity (Wildman–Crippen MR) is 71.7 cm³/mol. The van der Waals surface area contributed by atoms with Gasteiger partial charge in [-0.05, 0) is 23.8 Å². The van der Waals surface area contributed by atoms with Crippen molar-refractivity contribution in [1.29, 1.82) is 0 Å². The molecule has 2 heterocycles. The fourth-order valence-electron chi connectivity index (χ4n) is 2.04. The van der Waals surface area contributed by atoms with E-state index in [0.29, 0.717) is 24.6 Å². The van der Waals surface area contributed by atoms with Gasteiger partial charge in [-0.15, -0.1) is 0 Å². The lowest BCUT2D eigenvalue weighted by atomic mass is 10.2. The van der Waals surface area contributed by atoms with Crippen molar-refractivity contribution >= 4 is 0 Å². The standard InChI is InChI=1S/C14H15N3O3/c1-18-12-4-10(5-13-14(12)20-9-19-13)6-16-7-11-2-3-15-8-17-11/h2-5,8,16H,6-7,9H2,1H3. The van der Waals surface area contributed by atoms with Gasteiger partial charge in [-0.3, -0.25) is 0 Å². The highest BCUT2D eigenvalue weighted by Crippen LogP contribution is 2.41. The molecule has 6 nitrogen and oxygen atoms in total. The van der Waals surface area contributed by atoms with Crippen LogP contribution in [-0.2, 0) is 13.1 Å². The van der Waals surface area contributed by atoms with Gasteiger partial charge in [-0.2, -0.15) is 0 Å². The average Bonchev–Trinajstić information content (AvgIpc) is 2.96. The lowest BCUT2D eigenvalue weighted by Crippen LogP contribution is -2.13. The van der Waals surface area contributed by atoms with Crippen molar-refractivity contribution in [3.05, 3.63) is 42.0 Å². The van der Waals surface area contributed by atoms with Gasteiger partial charge in [0.25, 0.3) is 0 Å². The minimum Gasteiger partial charge on any atom is -0.493 e. The summed E-state index contributed by atoms with van der Waals surface area (Å²) in [6.07, 6.45) is 3.27. The largest absolute Gasteiger partial charge is 0.493 e. The molecule has 0 saturated heterocycles. The van der Waals surface area contributed by atoms with Crippen molar-refractivity contribution in [3.8, 4) is 17.2 Å². The van der Waals surface area contributed by atoms with E-state index in [-0.39, 0.29) is 6.79 Å². The summed E-state index contributed by atoms with van der Waals surface area (Å²) in [4.78, 5) is 8.05. The van der Waals surface area contributed by atoms with Crippen LogP contribution in [0.15, 0.2) is 30.7 Å². The van der Waals surface area contributed by atoms with E-state index in [1.165, 1.54) is 0 Å². The van der Waals surface area contributed by atoms with Gasteiger partial charge in [0.1, 0.15) is 6.33 Å². The molecule has 2 aromatic rings. The van der Waals surface area contributed by atoms with E-state index in [9.17, 15) is 0 Å². The average molecular weight is 273 g/mol. The quantitative estimate of drug-likeness (QED) is 0.890. The van der Waals surface area contributed by atoms with E-state index in [2.05, 4.69) is 15.3 Å². The molecule has 1 aliphatic rings. The van der Waals surface area contributed by atoms with E-state index >= 15 is 0 Å². The number of ether oxygens (including phenoxy) is 3. The molecule has 0 bridgehead atoms. The molecule has 6 heteroatoms. The molecular formula is C14H15N3O3. The molecule has 3 rings (SSSR count). The summed E-state index contributed by atoms with van der Waals surface area (Å²) >= 11 is 0. The van der Waals surface area contributed by atoms with Gasteiger partial charge in [-0.25, -0.2) is 9.97 Å². The summed E-state index contributed by atoms with van der Waals surface area (Å²) in [7, 11) is 1.62. The highest BCUT2D eigenvalue weighted by atomic mass is 16.7. The van der Waals surface area contributed by atoms with Crippen LogP contribution in [0, 0.1) is 0 Å². The molecule has 0 atom stereocenters. The third kappa shape index (κ3) is 2.65. The summed E-state index contributed by atoms with van der Waals surface area (Å²) in [5, 5.41) is 3.32. The third-order valence-electron chi connectivity index (χ3n) is 3.00. The number of rotatable bonds is 5. The van der Waals surface area contributed by atoms with Gasteiger partial charge in [0.05, 0.1) is 12.8 Å². The summed E-state index contributed by atoms with van der Waals surface area (Å²) in [5.74, 6) is 2.09. The Morgan fingerprint density at radius 2 is 2.25 bits per heavy atom. The third-order valence-corrected chi connectivity index (χ3v) is 3.00. The summed E-state index contributed by atoms with van der Waals surface area (Å²) in [6, 6.07) is 5.78. The molecular weight excluding hydrogens is 258 g/mol. The summed E-state index contributed by atoms with van der Waals surface area (Å²) < 4.78 is 16.1. The summed E-state index contributed by atoms with van der Waals surface area (Å²) in [5.41, 5.74) is 2.02. The van der Waals surface area contributed by atoms with Crippen LogP contribution < -0.4 is 19.5 Å². The van der Waals surface area contributed by atoms with Gasteiger partial charge >= 0.3 is 0 Å². The number of fused-ring (bicyclic) bond motifs is 1. The fraction of sp³-hybridized carbons (Fsp3) is 0.286. The first-order valence-electron chi connectivity index (χ1n) is 6.29. The van der Waals surface area contributed by atoms with Gasteiger partial charge in [0, 0.05) is 19.3 Å². The Kier molecular flexibility index (Phi) is 3.64. The zero-order valence-corrected chi connectivity index (χ0v) is 11.1. The Labute approximate surface area is 116 Å². The number of hydrogen-bond donors (Lipinski definition) is 1. The molecule has 1 aromatic heterocycles. The second-order valence-electron chi connectivity index (χ2n) is 4.34. The monoisotopic (exact) mass is 273 g/mol. The molecule has 0 fully saturated rings. The minimum atomic E-state index is 0.240. The number of methoxy groups -OCH3 is 1. The topological polar surface area (TPSA) is 65.5 Å². The molecule has 1 aliphatic heterocycles. The molecule has 0 spiro atoms. The van der Waals surface area contributed by atoms with Crippen LogP contribution in [0.4, 0.5) is 0 Å². The smallest absolute Gasteiger partial charge is 0.231 e. The van der Waals surface area contributed by atoms with Crippen LogP contribution in [0.3, 0.4) is 0 Å². The maximum Gasteiger partial charge on any atom is 0.231 e. The Morgan fingerprint density at radius 1 is 1.30 bits per heavy atom. The van der Waals surface area contributed by atoms with Crippen molar-refractivity contribution in [2.75, 3.05) is 13.9 Å². The molecule has 0 unspecified atom stereocenters. The zero-order valence-electron chi connectivity index (χ0n) is 11.1. The summed E-state index contributed by atoms with van der Waals surface area (Å²) in [6.45, 7) is 1.61. The molecule has 0 radical (unpaired) electrons. The van der Waals surface area contributed by atoms with Gasteiger partial charge in [0.2, 0.25) is 12.5 Å². The molecule has 20 heavy (non-hydrogen) atoms. The predicted octanol–water partition coefficient (Wildman–Crippen LogP) is 1.50. The lowest BCUT2D eigenvalue weighted by molar-refractivity contribution is 0.171. The zero-order chi connectivity index (χ0) is 13.8. The maximum absolute atomic E-state index is 5.40. The molecule has 0 saturated carbocycles. The first kappa shape index (κ1) is 12.7. The number of nitrogens with zero attached hydrogens (tertiary/aromatic N) is 2. The van der Waals surface area contributed by atoms with E-state index in [1.807, 2.05) is 18.2 Å². The molecule has 0 aliphatic carbocycles. The van der Waals surface area contributed by atoms with Crippen molar-refractivity contribution in [2.45, 2.75) is 13.1 Å². The van der Waals surface area contributed by atoms with E-state index < -0.39 is 0 Å². The SMILES string of the molecule is COc1cc(CNCc2ccncn2)cc2c1OCO2. The second-order valence-corrected chi connectivity index (χ2v) is 4.34. The lowest BCUT2D eigenvalue weighted by Gasteiger charge is -2.09. The first-order valence-corrected chi connectivity index (χ1v) is 6.29.